The van der Waals surface area contributed by atoms with Crippen LogP contribution in [0.15, 0.2) is 48.5 Å². The van der Waals surface area contributed by atoms with Crippen LogP contribution in [-0.4, -0.2) is 11.6 Å². The SMILES string of the molecule is CCCc1ccc(C(=O)C2CCC(C(=O)c3ccc(CCC)cc3)CC2)cc1. The molecule has 0 N–H and O–H groups in total. The summed E-state index contributed by atoms with van der Waals surface area (Å²) in [4.78, 5) is 25.7. The topological polar surface area (TPSA) is 34.1 Å². The quantitative estimate of drug-likeness (QED) is 0.495. The van der Waals surface area contributed by atoms with Gasteiger partial charge in [-0.3, -0.25) is 9.59 Å². The molecule has 2 aromatic rings. The van der Waals surface area contributed by atoms with Gasteiger partial charge in [0.05, 0.1) is 0 Å². The third-order valence-electron chi connectivity index (χ3n) is 6.02. The van der Waals surface area contributed by atoms with Crippen molar-refractivity contribution in [3.8, 4) is 0 Å². The van der Waals surface area contributed by atoms with Crippen LogP contribution in [0.2, 0.25) is 0 Å². The molecule has 0 aromatic heterocycles. The van der Waals surface area contributed by atoms with E-state index in [0.29, 0.717) is 0 Å². The lowest BCUT2D eigenvalue weighted by Gasteiger charge is -2.27. The monoisotopic (exact) mass is 376 g/mol. The summed E-state index contributed by atoms with van der Waals surface area (Å²) in [5, 5.41) is 0. The van der Waals surface area contributed by atoms with Gasteiger partial charge in [-0.25, -0.2) is 0 Å². The van der Waals surface area contributed by atoms with Crippen LogP contribution in [0, 0.1) is 11.8 Å². The summed E-state index contributed by atoms with van der Waals surface area (Å²) < 4.78 is 0. The van der Waals surface area contributed by atoms with Gasteiger partial charge < -0.3 is 0 Å². The fourth-order valence-electron chi connectivity index (χ4n) is 4.34. The summed E-state index contributed by atoms with van der Waals surface area (Å²) in [5.74, 6) is 0.622. The molecule has 0 saturated heterocycles. The minimum atomic E-state index is 0.0630. The van der Waals surface area contributed by atoms with Crippen molar-refractivity contribution in [1.82, 2.24) is 0 Å². The Hall–Kier alpha value is -2.22. The van der Waals surface area contributed by atoms with E-state index in [1.54, 1.807) is 0 Å². The first-order valence-electron chi connectivity index (χ1n) is 10.9. The predicted molar refractivity (Wildman–Crippen MR) is 115 cm³/mol. The maximum Gasteiger partial charge on any atom is 0.165 e. The predicted octanol–water partition coefficient (Wildman–Crippen LogP) is 6.46. The summed E-state index contributed by atoms with van der Waals surface area (Å²) in [5.41, 5.74) is 4.22. The summed E-state index contributed by atoms with van der Waals surface area (Å²) >= 11 is 0. The Morgan fingerprint density at radius 1 is 0.643 bits per heavy atom. The lowest BCUT2D eigenvalue weighted by molar-refractivity contribution is 0.0797. The summed E-state index contributed by atoms with van der Waals surface area (Å²) in [6, 6.07) is 16.2. The summed E-state index contributed by atoms with van der Waals surface area (Å²) in [7, 11) is 0. The lowest BCUT2D eigenvalue weighted by Crippen LogP contribution is -2.26. The Bertz CT molecular complexity index is 709. The average molecular weight is 377 g/mol. The molecule has 1 aliphatic rings. The van der Waals surface area contributed by atoms with Gasteiger partial charge in [0.15, 0.2) is 11.6 Å². The molecule has 2 aromatic carbocycles. The molecule has 0 amide bonds. The molecule has 0 aliphatic heterocycles. The standard InChI is InChI=1S/C26H32O2/c1-3-5-19-7-11-21(12-8-19)25(27)23-15-17-24(18-16-23)26(28)22-13-9-20(6-4-2)10-14-22/h7-14,23-24H,3-6,15-18H2,1-2H3. The van der Waals surface area contributed by atoms with Gasteiger partial charge in [0.2, 0.25) is 0 Å². The second-order valence-electron chi connectivity index (χ2n) is 8.17. The molecule has 0 spiro atoms. The van der Waals surface area contributed by atoms with Gasteiger partial charge >= 0.3 is 0 Å². The van der Waals surface area contributed by atoms with E-state index < -0.39 is 0 Å². The van der Waals surface area contributed by atoms with Crippen molar-refractivity contribution in [2.75, 3.05) is 0 Å². The zero-order valence-corrected chi connectivity index (χ0v) is 17.2. The van der Waals surface area contributed by atoms with Crippen molar-refractivity contribution in [3.05, 3.63) is 70.8 Å². The average Bonchev–Trinajstić information content (AvgIpc) is 2.74. The normalized spacial score (nSPS) is 19.4. The van der Waals surface area contributed by atoms with Crippen molar-refractivity contribution in [1.29, 1.82) is 0 Å². The van der Waals surface area contributed by atoms with Crippen LogP contribution in [0.3, 0.4) is 0 Å². The number of carbonyl (C=O) groups excluding carboxylic acids is 2. The minimum Gasteiger partial charge on any atom is -0.294 e. The molecule has 148 valence electrons. The van der Waals surface area contributed by atoms with Crippen LogP contribution in [0.1, 0.15) is 84.2 Å². The molecule has 1 fully saturated rings. The van der Waals surface area contributed by atoms with Crippen LogP contribution >= 0.6 is 0 Å². The number of hydrogen-bond donors (Lipinski definition) is 0. The minimum absolute atomic E-state index is 0.0630. The highest BCUT2D eigenvalue weighted by molar-refractivity contribution is 5.99. The van der Waals surface area contributed by atoms with Crippen molar-refractivity contribution >= 4 is 11.6 Å². The molecule has 28 heavy (non-hydrogen) atoms. The molecule has 1 aliphatic carbocycles. The third-order valence-corrected chi connectivity index (χ3v) is 6.02. The molecule has 3 rings (SSSR count). The second kappa shape index (κ2) is 9.82. The maximum atomic E-state index is 12.8. The first kappa shape index (κ1) is 20.5. The summed E-state index contributed by atoms with van der Waals surface area (Å²) in [6.45, 7) is 4.33. The van der Waals surface area contributed by atoms with Gasteiger partial charge in [-0.15, -0.1) is 0 Å². The number of Topliss-reactive ketones (excluding diaryl/α,β-unsaturated/α-hetero) is 2. The van der Waals surface area contributed by atoms with E-state index in [0.717, 1.165) is 62.5 Å². The molecular formula is C26H32O2. The van der Waals surface area contributed by atoms with E-state index >= 15 is 0 Å². The number of hydrogen-bond acceptors (Lipinski definition) is 2. The summed E-state index contributed by atoms with van der Waals surface area (Å²) in [6.07, 6.45) is 7.63. The van der Waals surface area contributed by atoms with Crippen LogP contribution in [0.4, 0.5) is 0 Å². The Labute approximate surface area is 169 Å². The van der Waals surface area contributed by atoms with Crippen molar-refractivity contribution in [3.63, 3.8) is 0 Å². The van der Waals surface area contributed by atoms with E-state index in [9.17, 15) is 9.59 Å². The number of rotatable bonds is 8. The number of ketones is 2. The second-order valence-corrected chi connectivity index (χ2v) is 8.17. The van der Waals surface area contributed by atoms with Crippen LogP contribution in [0.5, 0.6) is 0 Å². The number of aryl methyl sites for hydroxylation is 2. The molecular weight excluding hydrogens is 344 g/mol. The first-order chi connectivity index (χ1) is 13.6. The van der Waals surface area contributed by atoms with E-state index in [4.69, 9.17) is 0 Å². The third kappa shape index (κ3) is 4.98. The van der Waals surface area contributed by atoms with Crippen LogP contribution in [0.25, 0.3) is 0 Å². The lowest BCUT2D eigenvalue weighted by atomic mass is 9.76. The van der Waals surface area contributed by atoms with Crippen LogP contribution in [-0.2, 0) is 12.8 Å². The van der Waals surface area contributed by atoms with Gasteiger partial charge in [0, 0.05) is 23.0 Å². The highest BCUT2D eigenvalue weighted by Gasteiger charge is 2.30. The van der Waals surface area contributed by atoms with E-state index in [-0.39, 0.29) is 23.4 Å². The van der Waals surface area contributed by atoms with Gasteiger partial charge in [0.1, 0.15) is 0 Å². The zero-order chi connectivity index (χ0) is 19.9. The van der Waals surface area contributed by atoms with Gasteiger partial charge in [-0.2, -0.15) is 0 Å². The molecule has 0 unspecified atom stereocenters. The number of carbonyl (C=O) groups is 2. The molecule has 0 radical (unpaired) electrons. The Balaban J connectivity index is 1.55. The maximum absolute atomic E-state index is 12.8. The van der Waals surface area contributed by atoms with Gasteiger partial charge in [0.25, 0.3) is 0 Å². The van der Waals surface area contributed by atoms with E-state index in [2.05, 4.69) is 38.1 Å². The fourth-order valence-corrected chi connectivity index (χ4v) is 4.34. The molecule has 2 nitrogen and oxygen atoms in total. The Morgan fingerprint density at radius 3 is 1.25 bits per heavy atom. The van der Waals surface area contributed by atoms with Crippen molar-refractivity contribution < 1.29 is 9.59 Å². The first-order valence-corrected chi connectivity index (χ1v) is 10.9. The molecule has 2 heteroatoms. The smallest absolute Gasteiger partial charge is 0.165 e. The molecule has 1 saturated carbocycles. The fraction of sp³-hybridized carbons (Fsp3) is 0.462. The van der Waals surface area contributed by atoms with E-state index in [1.807, 2.05) is 24.3 Å². The van der Waals surface area contributed by atoms with E-state index in [1.165, 1.54) is 11.1 Å². The van der Waals surface area contributed by atoms with Crippen molar-refractivity contribution in [2.45, 2.75) is 65.2 Å². The number of benzene rings is 2. The van der Waals surface area contributed by atoms with Crippen LogP contribution < -0.4 is 0 Å². The van der Waals surface area contributed by atoms with Gasteiger partial charge in [-0.1, -0.05) is 75.2 Å². The zero-order valence-electron chi connectivity index (χ0n) is 17.2. The van der Waals surface area contributed by atoms with Gasteiger partial charge in [-0.05, 0) is 49.7 Å². The highest BCUT2D eigenvalue weighted by atomic mass is 16.1. The highest BCUT2D eigenvalue weighted by Crippen LogP contribution is 2.33. The molecule has 0 atom stereocenters. The van der Waals surface area contributed by atoms with Crippen molar-refractivity contribution in [2.24, 2.45) is 11.8 Å². The Morgan fingerprint density at radius 2 is 0.964 bits per heavy atom. The largest absolute Gasteiger partial charge is 0.294 e. The molecule has 0 bridgehead atoms. The molecule has 0 heterocycles. The Kier molecular flexibility index (Phi) is 7.19.